The molecule has 1 rings (SSSR count). The van der Waals surface area contributed by atoms with Crippen LogP contribution in [0.2, 0.25) is 0 Å². The van der Waals surface area contributed by atoms with Crippen LogP contribution in [-0.4, -0.2) is 47.9 Å². The maximum Gasteiger partial charge on any atom is 0.305 e. The van der Waals surface area contributed by atoms with E-state index in [1.165, 1.54) is 30.1 Å². The first-order chi connectivity index (χ1) is 9.41. The lowest BCUT2D eigenvalue weighted by molar-refractivity contribution is -0.138. The summed E-state index contributed by atoms with van der Waals surface area (Å²) in [6, 6.07) is 5.43. The van der Waals surface area contributed by atoms with Crippen LogP contribution in [0.1, 0.15) is 16.8 Å². The number of carboxylic acids is 1. The number of hydrogen-bond donors (Lipinski definition) is 2. The summed E-state index contributed by atoms with van der Waals surface area (Å²) in [5.41, 5.74) is -0.145. The minimum Gasteiger partial charge on any atom is -0.481 e. The summed E-state index contributed by atoms with van der Waals surface area (Å²) in [6.45, 7) is -0.271. The minimum absolute atomic E-state index is 0.0454. The van der Waals surface area contributed by atoms with Gasteiger partial charge in [0.15, 0.2) is 0 Å². The van der Waals surface area contributed by atoms with E-state index in [4.69, 9.17) is 5.11 Å². The molecule has 0 aliphatic heterocycles. The maximum absolute atomic E-state index is 13.3. The van der Waals surface area contributed by atoms with Crippen molar-refractivity contribution in [2.24, 2.45) is 0 Å². The third-order valence-corrected chi connectivity index (χ3v) is 2.61. The quantitative estimate of drug-likeness (QED) is 0.795. The van der Waals surface area contributed by atoms with E-state index in [-0.39, 0.29) is 25.1 Å². The van der Waals surface area contributed by atoms with Crippen molar-refractivity contribution in [3.05, 3.63) is 35.6 Å². The van der Waals surface area contributed by atoms with Crippen molar-refractivity contribution in [1.82, 2.24) is 10.2 Å². The Hall–Kier alpha value is -2.44. The summed E-state index contributed by atoms with van der Waals surface area (Å²) in [7, 11) is 1.43. The summed E-state index contributed by atoms with van der Waals surface area (Å²) < 4.78 is 13.3. The highest BCUT2D eigenvalue weighted by Crippen LogP contribution is 2.05. The highest BCUT2D eigenvalue weighted by atomic mass is 19.1. The molecule has 7 heteroatoms. The van der Waals surface area contributed by atoms with Crippen molar-refractivity contribution in [2.75, 3.05) is 20.1 Å². The number of aliphatic carboxylic acids is 1. The van der Waals surface area contributed by atoms with Crippen LogP contribution in [0.4, 0.5) is 4.39 Å². The van der Waals surface area contributed by atoms with Crippen molar-refractivity contribution in [3.63, 3.8) is 0 Å². The van der Waals surface area contributed by atoms with E-state index >= 15 is 0 Å². The Labute approximate surface area is 115 Å². The van der Waals surface area contributed by atoms with Gasteiger partial charge in [-0.3, -0.25) is 14.4 Å². The van der Waals surface area contributed by atoms with Crippen LogP contribution in [0.3, 0.4) is 0 Å². The van der Waals surface area contributed by atoms with Crippen LogP contribution in [0.5, 0.6) is 0 Å². The molecule has 1 aromatic carbocycles. The molecule has 0 aromatic heterocycles. The second-order valence-corrected chi connectivity index (χ2v) is 4.12. The Morgan fingerprint density at radius 2 is 1.95 bits per heavy atom. The number of carbonyl (C=O) groups excluding carboxylic acids is 2. The van der Waals surface area contributed by atoms with E-state index in [2.05, 4.69) is 5.32 Å². The molecule has 108 valence electrons. The summed E-state index contributed by atoms with van der Waals surface area (Å²) >= 11 is 0. The van der Waals surface area contributed by atoms with Crippen molar-refractivity contribution in [3.8, 4) is 0 Å². The molecule has 2 N–H and O–H groups in total. The van der Waals surface area contributed by atoms with Gasteiger partial charge in [0.25, 0.3) is 5.91 Å². The number of benzene rings is 1. The molecule has 0 spiro atoms. The van der Waals surface area contributed by atoms with Gasteiger partial charge in [-0.25, -0.2) is 4.39 Å². The van der Waals surface area contributed by atoms with Crippen LogP contribution in [0.15, 0.2) is 24.3 Å². The highest BCUT2D eigenvalue weighted by Gasteiger charge is 2.14. The van der Waals surface area contributed by atoms with E-state index in [0.29, 0.717) is 0 Å². The van der Waals surface area contributed by atoms with Gasteiger partial charge in [-0.05, 0) is 12.1 Å². The smallest absolute Gasteiger partial charge is 0.305 e. The predicted molar refractivity (Wildman–Crippen MR) is 68.6 cm³/mol. The first-order valence-electron chi connectivity index (χ1n) is 5.90. The van der Waals surface area contributed by atoms with E-state index in [1.807, 2.05) is 0 Å². The number of halogens is 1. The normalized spacial score (nSPS) is 9.90. The monoisotopic (exact) mass is 282 g/mol. The third kappa shape index (κ3) is 4.68. The molecule has 0 heterocycles. The zero-order valence-corrected chi connectivity index (χ0v) is 10.9. The first-order valence-corrected chi connectivity index (χ1v) is 5.90. The van der Waals surface area contributed by atoms with Crippen molar-refractivity contribution in [1.29, 1.82) is 0 Å². The number of nitrogens with zero attached hydrogens (tertiary/aromatic N) is 1. The molecule has 0 aliphatic rings. The number of amides is 2. The SMILES string of the molecule is CN(CCC(=O)O)C(=O)CNC(=O)c1ccccc1F. The number of nitrogens with one attached hydrogen (secondary N) is 1. The molecule has 0 bridgehead atoms. The van der Waals surface area contributed by atoms with Gasteiger partial charge in [0.2, 0.25) is 5.91 Å². The fourth-order valence-corrected chi connectivity index (χ4v) is 1.42. The fraction of sp³-hybridized carbons (Fsp3) is 0.308. The zero-order chi connectivity index (χ0) is 15.1. The number of rotatable bonds is 6. The Morgan fingerprint density at radius 3 is 2.55 bits per heavy atom. The highest BCUT2D eigenvalue weighted by molar-refractivity contribution is 5.96. The summed E-state index contributed by atoms with van der Waals surface area (Å²) in [6.07, 6.45) is -0.177. The molecule has 2 amide bonds. The molecule has 0 aliphatic carbocycles. The molecule has 0 unspecified atom stereocenters. The molecule has 0 saturated carbocycles. The number of carboxylic acid groups (broad SMARTS) is 1. The molecule has 0 atom stereocenters. The number of hydrogen-bond acceptors (Lipinski definition) is 3. The zero-order valence-electron chi connectivity index (χ0n) is 10.9. The van der Waals surface area contributed by atoms with Crippen LogP contribution < -0.4 is 5.32 Å². The second kappa shape index (κ2) is 7.22. The van der Waals surface area contributed by atoms with Crippen LogP contribution in [-0.2, 0) is 9.59 Å². The lowest BCUT2D eigenvalue weighted by atomic mass is 10.2. The topological polar surface area (TPSA) is 86.7 Å². The van der Waals surface area contributed by atoms with E-state index < -0.39 is 23.6 Å². The fourth-order valence-electron chi connectivity index (χ4n) is 1.42. The molecule has 0 saturated heterocycles. The van der Waals surface area contributed by atoms with Gasteiger partial charge in [-0.1, -0.05) is 12.1 Å². The van der Waals surface area contributed by atoms with E-state index in [9.17, 15) is 18.8 Å². The Kier molecular flexibility index (Phi) is 5.64. The van der Waals surface area contributed by atoms with Crippen molar-refractivity contribution in [2.45, 2.75) is 6.42 Å². The van der Waals surface area contributed by atoms with Gasteiger partial charge in [-0.15, -0.1) is 0 Å². The molecule has 6 nitrogen and oxygen atoms in total. The molecular formula is C13H15FN2O4. The predicted octanol–water partition coefficient (Wildman–Crippen LogP) is 0.489. The number of likely N-dealkylation sites (N-methyl/N-ethyl adjacent to an activating group) is 1. The van der Waals surface area contributed by atoms with Crippen molar-refractivity contribution >= 4 is 17.8 Å². The van der Waals surface area contributed by atoms with E-state index in [1.54, 1.807) is 0 Å². The third-order valence-electron chi connectivity index (χ3n) is 2.61. The van der Waals surface area contributed by atoms with Crippen molar-refractivity contribution < 1.29 is 23.9 Å². The lowest BCUT2D eigenvalue weighted by Crippen LogP contribution is -2.39. The summed E-state index contributed by atoms with van der Waals surface area (Å²) in [4.78, 5) is 34.8. The molecule has 0 radical (unpaired) electrons. The number of carbonyl (C=O) groups is 3. The lowest BCUT2D eigenvalue weighted by Gasteiger charge is -2.16. The average Bonchev–Trinajstić information content (AvgIpc) is 2.42. The average molecular weight is 282 g/mol. The van der Waals surface area contributed by atoms with Gasteiger partial charge >= 0.3 is 5.97 Å². The molecular weight excluding hydrogens is 267 g/mol. The first kappa shape index (κ1) is 15.6. The Balaban J connectivity index is 2.47. The standard InChI is InChI=1S/C13H15FN2O4/c1-16(7-6-12(18)19)11(17)8-15-13(20)9-4-2-3-5-10(9)14/h2-5H,6-8H2,1H3,(H,15,20)(H,18,19). The van der Waals surface area contributed by atoms with Crippen LogP contribution in [0.25, 0.3) is 0 Å². The second-order valence-electron chi connectivity index (χ2n) is 4.12. The van der Waals surface area contributed by atoms with Crippen LogP contribution in [0, 0.1) is 5.82 Å². The molecule has 0 fully saturated rings. The molecule has 20 heavy (non-hydrogen) atoms. The van der Waals surface area contributed by atoms with E-state index in [0.717, 1.165) is 6.07 Å². The Bertz CT molecular complexity index is 519. The summed E-state index contributed by atoms with van der Waals surface area (Å²) in [5, 5.41) is 10.8. The summed E-state index contributed by atoms with van der Waals surface area (Å²) in [5.74, 6) is -2.82. The largest absolute Gasteiger partial charge is 0.481 e. The maximum atomic E-state index is 13.3. The van der Waals surface area contributed by atoms with Gasteiger partial charge in [-0.2, -0.15) is 0 Å². The molecule has 1 aromatic rings. The minimum atomic E-state index is -1.01. The van der Waals surface area contributed by atoms with Gasteiger partial charge < -0.3 is 15.3 Å². The van der Waals surface area contributed by atoms with Gasteiger partial charge in [0, 0.05) is 13.6 Å². The Morgan fingerprint density at radius 1 is 1.30 bits per heavy atom. The van der Waals surface area contributed by atoms with Gasteiger partial charge in [0.05, 0.1) is 18.5 Å². The van der Waals surface area contributed by atoms with Crippen LogP contribution >= 0.6 is 0 Å². The van der Waals surface area contributed by atoms with Gasteiger partial charge in [0.1, 0.15) is 5.82 Å².